The summed E-state index contributed by atoms with van der Waals surface area (Å²) < 4.78 is 1.98. The first-order valence-corrected chi connectivity index (χ1v) is 6.50. The van der Waals surface area contributed by atoms with E-state index in [9.17, 15) is 0 Å². The summed E-state index contributed by atoms with van der Waals surface area (Å²) in [6, 6.07) is 10.1. The molecule has 96 valence electrons. The first-order valence-electron chi connectivity index (χ1n) is 5.75. The van der Waals surface area contributed by atoms with Crippen LogP contribution in [0.4, 0.5) is 0 Å². The summed E-state index contributed by atoms with van der Waals surface area (Å²) >= 11 is 11.9. The second-order valence-corrected chi connectivity index (χ2v) is 4.88. The highest BCUT2D eigenvalue weighted by atomic mass is 35.5. The van der Waals surface area contributed by atoms with Crippen molar-refractivity contribution in [2.75, 3.05) is 0 Å². The number of aromatic nitrogens is 4. The van der Waals surface area contributed by atoms with E-state index in [0.29, 0.717) is 17.7 Å². The Morgan fingerprint density at radius 3 is 2.53 bits per heavy atom. The summed E-state index contributed by atoms with van der Waals surface area (Å²) in [7, 11) is 0. The largest absolute Gasteiger partial charge is 0.308 e. The van der Waals surface area contributed by atoms with Crippen LogP contribution in [0.25, 0.3) is 11.2 Å². The van der Waals surface area contributed by atoms with Crippen LogP contribution in [0.3, 0.4) is 0 Å². The molecule has 0 spiro atoms. The molecule has 0 aliphatic heterocycles. The molecule has 4 nitrogen and oxygen atoms in total. The molecule has 0 bridgehead atoms. The molecule has 0 saturated heterocycles. The van der Waals surface area contributed by atoms with Crippen molar-refractivity contribution in [2.24, 2.45) is 0 Å². The molecular formula is C13H10Cl2N4. The number of fused-ring (bicyclic) bond motifs is 1. The monoisotopic (exact) mass is 292 g/mol. The number of rotatable bonds is 2. The molecule has 0 amide bonds. The summed E-state index contributed by atoms with van der Waals surface area (Å²) in [5.74, 6) is 0.831. The minimum atomic E-state index is 0.131. The van der Waals surface area contributed by atoms with Gasteiger partial charge in [-0.2, -0.15) is 4.98 Å². The van der Waals surface area contributed by atoms with Crippen molar-refractivity contribution < 1.29 is 0 Å². The average molecular weight is 293 g/mol. The van der Waals surface area contributed by atoms with Gasteiger partial charge >= 0.3 is 0 Å². The third-order valence-corrected chi connectivity index (χ3v) is 3.33. The van der Waals surface area contributed by atoms with Crippen LogP contribution in [-0.2, 0) is 6.54 Å². The number of nitrogens with zero attached hydrogens (tertiary/aromatic N) is 4. The van der Waals surface area contributed by atoms with E-state index in [1.54, 1.807) is 0 Å². The van der Waals surface area contributed by atoms with E-state index < -0.39 is 0 Å². The van der Waals surface area contributed by atoms with Crippen LogP contribution in [0.1, 0.15) is 11.4 Å². The molecule has 0 N–H and O–H groups in total. The summed E-state index contributed by atoms with van der Waals surface area (Å²) in [4.78, 5) is 12.5. The number of aryl methyl sites for hydroxylation is 1. The maximum Gasteiger partial charge on any atom is 0.225 e. The fourth-order valence-electron chi connectivity index (χ4n) is 2.01. The van der Waals surface area contributed by atoms with E-state index in [2.05, 4.69) is 27.1 Å². The molecule has 0 atom stereocenters. The maximum atomic E-state index is 6.04. The Labute approximate surface area is 120 Å². The lowest BCUT2D eigenvalue weighted by Gasteiger charge is -2.06. The molecule has 6 heteroatoms. The summed E-state index contributed by atoms with van der Waals surface area (Å²) in [6.45, 7) is 2.59. The number of hydrogen-bond acceptors (Lipinski definition) is 3. The van der Waals surface area contributed by atoms with E-state index in [0.717, 1.165) is 11.4 Å². The molecule has 0 aliphatic rings. The third kappa shape index (κ3) is 2.29. The van der Waals surface area contributed by atoms with Gasteiger partial charge in [0.1, 0.15) is 11.3 Å². The van der Waals surface area contributed by atoms with E-state index in [1.165, 1.54) is 0 Å². The van der Waals surface area contributed by atoms with Crippen molar-refractivity contribution in [3.63, 3.8) is 0 Å². The van der Waals surface area contributed by atoms with Crippen molar-refractivity contribution in [3.8, 4) is 0 Å². The van der Waals surface area contributed by atoms with Gasteiger partial charge in [0, 0.05) is 0 Å². The van der Waals surface area contributed by atoms with Crippen molar-refractivity contribution in [1.82, 2.24) is 19.5 Å². The number of imidazole rings is 1. The predicted octanol–water partition coefficient (Wildman–Crippen LogP) is 3.49. The van der Waals surface area contributed by atoms with E-state index in [4.69, 9.17) is 23.2 Å². The van der Waals surface area contributed by atoms with Gasteiger partial charge in [-0.25, -0.2) is 9.97 Å². The molecule has 0 unspecified atom stereocenters. The zero-order valence-electron chi connectivity index (χ0n) is 10.1. The third-order valence-electron chi connectivity index (χ3n) is 2.90. The van der Waals surface area contributed by atoms with E-state index >= 15 is 0 Å². The predicted molar refractivity (Wildman–Crippen MR) is 75.6 cm³/mol. The van der Waals surface area contributed by atoms with Crippen LogP contribution in [0, 0.1) is 6.92 Å². The second-order valence-electron chi connectivity index (χ2n) is 4.19. The van der Waals surface area contributed by atoms with Crippen LogP contribution >= 0.6 is 23.2 Å². The summed E-state index contributed by atoms with van der Waals surface area (Å²) in [5, 5.41) is 0.414. The van der Waals surface area contributed by atoms with Crippen molar-refractivity contribution >= 4 is 34.4 Å². The van der Waals surface area contributed by atoms with Gasteiger partial charge in [0.2, 0.25) is 5.28 Å². The fraction of sp³-hybridized carbons (Fsp3) is 0.154. The van der Waals surface area contributed by atoms with Crippen LogP contribution < -0.4 is 0 Å². The van der Waals surface area contributed by atoms with Crippen LogP contribution in [0.15, 0.2) is 30.3 Å². The van der Waals surface area contributed by atoms with Crippen LogP contribution in [-0.4, -0.2) is 19.5 Å². The van der Waals surface area contributed by atoms with E-state index in [1.807, 2.05) is 29.7 Å². The Kier molecular flexibility index (Phi) is 3.12. The fourth-order valence-corrected chi connectivity index (χ4v) is 2.42. The number of benzene rings is 1. The highest BCUT2D eigenvalue weighted by molar-refractivity contribution is 6.35. The number of halogens is 2. The second kappa shape index (κ2) is 4.79. The molecule has 3 rings (SSSR count). The quantitative estimate of drug-likeness (QED) is 0.536. The van der Waals surface area contributed by atoms with Crippen LogP contribution in [0.2, 0.25) is 10.4 Å². The maximum absolute atomic E-state index is 6.04. The highest BCUT2D eigenvalue weighted by Crippen LogP contribution is 2.23. The Morgan fingerprint density at radius 1 is 1.05 bits per heavy atom. The Bertz CT molecular complexity index is 737. The first kappa shape index (κ1) is 12.4. The van der Waals surface area contributed by atoms with E-state index in [-0.39, 0.29) is 10.4 Å². The topological polar surface area (TPSA) is 43.6 Å². The normalized spacial score (nSPS) is 11.1. The van der Waals surface area contributed by atoms with Gasteiger partial charge in [-0.15, -0.1) is 0 Å². The van der Waals surface area contributed by atoms with Crippen molar-refractivity contribution in [3.05, 3.63) is 52.2 Å². The number of hydrogen-bond donors (Lipinski definition) is 0. The Balaban J connectivity index is 2.15. The molecule has 19 heavy (non-hydrogen) atoms. The standard InChI is InChI=1S/C13H10Cl2N4/c1-8-16-10-11(14)17-13(15)18-12(10)19(8)7-9-5-3-2-4-6-9/h2-6H,7H2,1H3. The van der Waals surface area contributed by atoms with Gasteiger partial charge in [0.05, 0.1) is 6.54 Å². The smallest absolute Gasteiger partial charge is 0.225 e. The molecule has 2 heterocycles. The highest BCUT2D eigenvalue weighted by Gasteiger charge is 2.14. The van der Waals surface area contributed by atoms with Gasteiger partial charge in [0.15, 0.2) is 10.8 Å². The molecule has 0 aliphatic carbocycles. The van der Waals surface area contributed by atoms with Gasteiger partial charge in [-0.3, -0.25) is 0 Å². The molecular weight excluding hydrogens is 283 g/mol. The average Bonchev–Trinajstić information content (AvgIpc) is 2.69. The molecule has 3 aromatic rings. The SMILES string of the molecule is Cc1nc2c(Cl)nc(Cl)nc2n1Cc1ccccc1. The molecule has 0 saturated carbocycles. The first-order chi connectivity index (χ1) is 9.15. The molecule has 2 aromatic heterocycles. The van der Waals surface area contributed by atoms with Crippen molar-refractivity contribution in [1.29, 1.82) is 0 Å². The van der Waals surface area contributed by atoms with Gasteiger partial charge in [-0.1, -0.05) is 41.9 Å². The Morgan fingerprint density at radius 2 is 1.79 bits per heavy atom. The summed E-state index contributed by atoms with van der Waals surface area (Å²) in [5.41, 5.74) is 2.40. The summed E-state index contributed by atoms with van der Waals surface area (Å²) in [6.07, 6.45) is 0. The van der Waals surface area contributed by atoms with Gasteiger partial charge in [0.25, 0.3) is 0 Å². The lowest BCUT2D eigenvalue weighted by molar-refractivity contribution is 0.777. The molecule has 1 aromatic carbocycles. The van der Waals surface area contributed by atoms with Gasteiger partial charge < -0.3 is 4.57 Å². The van der Waals surface area contributed by atoms with Crippen molar-refractivity contribution in [2.45, 2.75) is 13.5 Å². The zero-order valence-corrected chi connectivity index (χ0v) is 11.7. The van der Waals surface area contributed by atoms with Gasteiger partial charge in [-0.05, 0) is 24.1 Å². The van der Waals surface area contributed by atoms with Crippen LogP contribution in [0.5, 0.6) is 0 Å². The lowest BCUT2D eigenvalue weighted by atomic mass is 10.2. The molecule has 0 radical (unpaired) electrons. The lowest BCUT2D eigenvalue weighted by Crippen LogP contribution is -2.03. The minimum Gasteiger partial charge on any atom is -0.308 e. The minimum absolute atomic E-state index is 0.131. The Hall–Kier alpha value is -1.65. The molecule has 0 fully saturated rings. The zero-order chi connectivity index (χ0) is 13.4.